The van der Waals surface area contributed by atoms with Crippen LogP contribution in [0.15, 0.2) is 17.1 Å². The summed E-state index contributed by atoms with van der Waals surface area (Å²) in [6.45, 7) is 1.70. The van der Waals surface area contributed by atoms with Gasteiger partial charge in [-0.1, -0.05) is 11.3 Å². The molecular formula is C10H11N5O3S. The summed E-state index contributed by atoms with van der Waals surface area (Å²) in [5.41, 5.74) is -0.0401. The van der Waals surface area contributed by atoms with Crippen molar-refractivity contribution in [3.63, 3.8) is 0 Å². The lowest BCUT2D eigenvalue weighted by Gasteiger charge is -2.03. The molecule has 0 amide bonds. The Morgan fingerprint density at radius 3 is 2.84 bits per heavy atom. The second-order valence-corrected chi connectivity index (χ2v) is 4.88. The van der Waals surface area contributed by atoms with Gasteiger partial charge >= 0.3 is 0 Å². The second kappa shape index (κ2) is 5.14. The predicted octanol–water partition coefficient (Wildman–Crippen LogP) is 1.01. The maximum Gasteiger partial charge on any atom is 0.288 e. The lowest BCUT2D eigenvalue weighted by atomic mass is 10.2. The summed E-state index contributed by atoms with van der Waals surface area (Å²) < 4.78 is 1.26. The van der Waals surface area contributed by atoms with Crippen LogP contribution in [-0.4, -0.2) is 26.7 Å². The van der Waals surface area contributed by atoms with E-state index in [1.165, 1.54) is 35.1 Å². The van der Waals surface area contributed by atoms with E-state index in [1.807, 2.05) is 0 Å². The normalized spacial score (nSPS) is 10.4. The number of nitro groups is 1. The monoisotopic (exact) mass is 281 g/mol. The second-order valence-electron chi connectivity index (χ2n) is 3.82. The van der Waals surface area contributed by atoms with Gasteiger partial charge in [-0.2, -0.15) is 0 Å². The smallest absolute Gasteiger partial charge is 0.288 e. The molecule has 0 aliphatic carbocycles. The number of aromatic nitrogens is 3. The highest BCUT2D eigenvalue weighted by Gasteiger charge is 2.14. The zero-order valence-electron chi connectivity index (χ0n) is 10.3. The number of anilines is 1. The van der Waals surface area contributed by atoms with Crippen molar-refractivity contribution in [1.29, 1.82) is 0 Å². The summed E-state index contributed by atoms with van der Waals surface area (Å²) in [7, 11) is 1.72. The van der Waals surface area contributed by atoms with E-state index < -0.39 is 4.92 Å². The van der Waals surface area contributed by atoms with Crippen molar-refractivity contribution in [3.05, 3.63) is 43.3 Å². The van der Waals surface area contributed by atoms with Crippen LogP contribution in [0.5, 0.6) is 0 Å². The minimum Gasteiger partial charge on any atom is -0.363 e. The Bertz CT molecular complexity index is 678. The molecule has 8 nitrogen and oxygen atoms in total. The van der Waals surface area contributed by atoms with Crippen LogP contribution in [0.4, 0.5) is 10.8 Å². The highest BCUT2D eigenvalue weighted by atomic mass is 32.1. The van der Waals surface area contributed by atoms with Crippen molar-refractivity contribution in [2.75, 3.05) is 12.4 Å². The van der Waals surface area contributed by atoms with Crippen LogP contribution in [0.25, 0.3) is 0 Å². The van der Waals surface area contributed by atoms with Gasteiger partial charge in [0.15, 0.2) is 0 Å². The fourth-order valence-corrected chi connectivity index (χ4v) is 2.23. The van der Waals surface area contributed by atoms with Crippen LogP contribution >= 0.6 is 11.3 Å². The third-order valence-corrected chi connectivity index (χ3v) is 3.41. The molecule has 2 aromatic heterocycles. The highest BCUT2D eigenvalue weighted by Crippen LogP contribution is 2.17. The summed E-state index contributed by atoms with van der Waals surface area (Å²) in [5, 5.41) is 22.7. The predicted molar refractivity (Wildman–Crippen MR) is 70.7 cm³/mol. The first kappa shape index (κ1) is 13.1. The van der Waals surface area contributed by atoms with Gasteiger partial charge in [-0.05, 0) is 6.92 Å². The Labute approximate surface area is 111 Å². The zero-order chi connectivity index (χ0) is 14.0. The van der Waals surface area contributed by atoms with Gasteiger partial charge in [0.25, 0.3) is 11.2 Å². The van der Waals surface area contributed by atoms with Gasteiger partial charge in [-0.15, -0.1) is 10.2 Å². The van der Waals surface area contributed by atoms with Crippen LogP contribution in [0.3, 0.4) is 0 Å². The van der Waals surface area contributed by atoms with E-state index in [1.54, 1.807) is 7.05 Å². The largest absolute Gasteiger partial charge is 0.363 e. The average Bonchev–Trinajstić information content (AvgIpc) is 2.80. The molecule has 2 rings (SSSR count). The Morgan fingerprint density at radius 2 is 2.26 bits per heavy atom. The number of nitrogens with zero attached hydrogens (tertiary/aromatic N) is 4. The van der Waals surface area contributed by atoms with Crippen LogP contribution in [0.1, 0.15) is 10.6 Å². The molecule has 0 saturated heterocycles. The Balaban J connectivity index is 2.37. The zero-order valence-corrected chi connectivity index (χ0v) is 11.1. The molecule has 0 aromatic carbocycles. The van der Waals surface area contributed by atoms with E-state index in [-0.39, 0.29) is 17.8 Å². The first-order valence-electron chi connectivity index (χ1n) is 5.37. The number of hydrogen-bond donors (Lipinski definition) is 1. The van der Waals surface area contributed by atoms with Crippen LogP contribution < -0.4 is 10.9 Å². The first-order chi connectivity index (χ1) is 9.01. The maximum absolute atomic E-state index is 11.8. The number of pyridine rings is 1. The molecule has 0 fully saturated rings. The minimum atomic E-state index is -0.510. The quantitative estimate of drug-likeness (QED) is 0.662. The van der Waals surface area contributed by atoms with E-state index in [2.05, 4.69) is 15.5 Å². The Morgan fingerprint density at radius 1 is 1.53 bits per heavy atom. The van der Waals surface area contributed by atoms with E-state index in [0.717, 1.165) is 0 Å². The molecule has 2 heterocycles. The fourth-order valence-electron chi connectivity index (χ4n) is 1.53. The van der Waals surface area contributed by atoms with E-state index >= 15 is 0 Å². The minimum absolute atomic E-state index is 0.0852. The van der Waals surface area contributed by atoms with E-state index in [0.29, 0.717) is 15.7 Å². The molecule has 0 unspecified atom stereocenters. The van der Waals surface area contributed by atoms with Crippen LogP contribution in [0.2, 0.25) is 0 Å². The van der Waals surface area contributed by atoms with Crippen molar-refractivity contribution >= 4 is 22.2 Å². The van der Waals surface area contributed by atoms with Crippen molar-refractivity contribution in [3.8, 4) is 0 Å². The summed E-state index contributed by atoms with van der Waals surface area (Å²) in [6, 6.07) is 1.25. The first-order valence-corrected chi connectivity index (χ1v) is 6.18. The van der Waals surface area contributed by atoms with Gasteiger partial charge in [0.2, 0.25) is 5.13 Å². The van der Waals surface area contributed by atoms with Gasteiger partial charge in [-0.3, -0.25) is 14.9 Å². The Kier molecular flexibility index (Phi) is 3.56. The number of rotatable bonds is 4. The highest BCUT2D eigenvalue weighted by molar-refractivity contribution is 7.15. The summed E-state index contributed by atoms with van der Waals surface area (Å²) in [5.74, 6) is 0. The SMILES string of the molecule is CNc1nnc(Cn2cc([N+](=O)[O-])c(C)cc2=O)s1. The standard InChI is InChI=1S/C10H11N5O3S/c1-6-3-9(16)14(4-7(6)15(17)18)5-8-12-13-10(11-2)19-8/h3-4H,5H2,1-2H3,(H,11,13). The molecule has 0 spiro atoms. The molecular weight excluding hydrogens is 270 g/mol. The van der Waals surface area contributed by atoms with E-state index in [9.17, 15) is 14.9 Å². The van der Waals surface area contributed by atoms with Crippen molar-refractivity contribution in [2.45, 2.75) is 13.5 Å². The maximum atomic E-state index is 11.8. The third-order valence-electron chi connectivity index (χ3n) is 2.49. The molecule has 0 saturated carbocycles. The molecule has 100 valence electrons. The van der Waals surface area contributed by atoms with Crippen molar-refractivity contribution in [2.24, 2.45) is 0 Å². The molecule has 0 radical (unpaired) electrons. The van der Waals surface area contributed by atoms with Crippen LogP contribution in [-0.2, 0) is 6.54 Å². The van der Waals surface area contributed by atoms with Gasteiger partial charge in [0.1, 0.15) is 5.01 Å². The van der Waals surface area contributed by atoms with Gasteiger partial charge in [-0.25, -0.2) is 0 Å². The molecule has 2 aromatic rings. The molecule has 0 atom stereocenters. The number of nitrogens with one attached hydrogen (secondary N) is 1. The van der Waals surface area contributed by atoms with Crippen molar-refractivity contribution < 1.29 is 4.92 Å². The summed E-state index contributed by atoms with van der Waals surface area (Å²) >= 11 is 1.29. The molecule has 0 aliphatic heterocycles. The van der Waals surface area contributed by atoms with E-state index in [4.69, 9.17) is 0 Å². The third kappa shape index (κ3) is 2.76. The average molecular weight is 281 g/mol. The summed E-state index contributed by atoms with van der Waals surface area (Å²) in [4.78, 5) is 22.1. The topological polar surface area (TPSA) is 103 Å². The Hall–Kier alpha value is -2.29. The molecule has 1 N–H and O–H groups in total. The summed E-state index contributed by atoms with van der Waals surface area (Å²) in [6.07, 6.45) is 1.23. The molecule has 0 aliphatic rings. The molecule has 0 bridgehead atoms. The lowest BCUT2D eigenvalue weighted by molar-refractivity contribution is -0.385. The fraction of sp³-hybridized carbons (Fsp3) is 0.300. The molecule has 19 heavy (non-hydrogen) atoms. The van der Waals surface area contributed by atoms with Gasteiger partial charge in [0.05, 0.1) is 17.7 Å². The molecule has 9 heteroatoms. The van der Waals surface area contributed by atoms with Gasteiger partial charge < -0.3 is 9.88 Å². The van der Waals surface area contributed by atoms with Crippen LogP contribution in [0, 0.1) is 17.0 Å². The number of hydrogen-bond acceptors (Lipinski definition) is 7. The lowest BCUT2D eigenvalue weighted by Crippen LogP contribution is -2.20. The van der Waals surface area contributed by atoms with Crippen molar-refractivity contribution in [1.82, 2.24) is 14.8 Å². The number of aryl methyl sites for hydroxylation is 1. The van der Waals surface area contributed by atoms with Gasteiger partial charge in [0, 0.05) is 18.7 Å².